The Balaban J connectivity index is 1.69. The summed E-state index contributed by atoms with van der Waals surface area (Å²) in [5.41, 5.74) is 1.56. The topological polar surface area (TPSA) is 125 Å². The molecule has 8 nitrogen and oxygen atoms in total. The number of phenolic OH excluding ortho intramolecular Hbond substituents is 1. The van der Waals surface area contributed by atoms with Crippen LogP contribution < -0.4 is 4.72 Å². The third-order valence-electron chi connectivity index (χ3n) is 3.80. The summed E-state index contributed by atoms with van der Waals surface area (Å²) in [6, 6.07) is 9.63. The molecule has 0 radical (unpaired) electrons. The number of aromatic nitrogens is 1. The fraction of sp³-hybridized carbons (Fsp3) is 0.125. The van der Waals surface area contributed by atoms with Gasteiger partial charge in [-0.3, -0.25) is 10.1 Å². The second kappa shape index (κ2) is 6.54. The fourth-order valence-corrected chi connectivity index (χ4v) is 3.56. The molecule has 9 heteroatoms. The fourth-order valence-electron chi connectivity index (χ4n) is 2.52. The molecule has 0 fully saturated rings. The van der Waals surface area contributed by atoms with Crippen LogP contribution in [0.15, 0.2) is 53.6 Å². The number of nitrogens with one attached hydrogen (secondary N) is 2. The number of non-ortho nitro benzene ring substituents is 1. The molecule has 2 aromatic carbocycles. The highest BCUT2D eigenvalue weighted by atomic mass is 32.2. The molecule has 3 aromatic rings. The number of hydrogen-bond acceptors (Lipinski definition) is 5. The smallest absolute Gasteiger partial charge is 0.269 e. The number of aromatic hydroxyl groups is 1. The molecule has 0 aliphatic carbocycles. The van der Waals surface area contributed by atoms with Gasteiger partial charge in [-0.05, 0) is 42.3 Å². The van der Waals surface area contributed by atoms with E-state index in [0.717, 1.165) is 28.6 Å². The highest BCUT2D eigenvalue weighted by Gasteiger charge is 2.15. The zero-order chi connectivity index (χ0) is 18.0. The molecule has 0 saturated carbocycles. The SMILES string of the molecule is O=[N+]([O-])c1ccc(S(=O)(=O)NCCc2c[nH]c3ccc(O)cc23)cc1. The lowest BCUT2D eigenvalue weighted by atomic mass is 10.1. The average molecular weight is 361 g/mol. The van der Waals surface area contributed by atoms with Crippen LogP contribution >= 0.6 is 0 Å². The van der Waals surface area contributed by atoms with Crippen LogP contribution in [-0.4, -0.2) is 30.0 Å². The van der Waals surface area contributed by atoms with Crippen LogP contribution in [0.1, 0.15) is 5.56 Å². The molecule has 3 N–H and O–H groups in total. The van der Waals surface area contributed by atoms with Gasteiger partial charge in [0.1, 0.15) is 5.75 Å². The van der Waals surface area contributed by atoms with E-state index in [9.17, 15) is 23.6 Å². The van der Waals surface area contributed by atoms with Gasteiger partial charge in [-0.2, -0.15) is 0 Å². The maximum atomic E-state index is 12.2. The van der Waals surface area contributed by atoms with Crippen LogP contribution in [0.2, 0.25) is 0 Å². The van der Waals surface area contributed by atoms with Crippen LogP contribution in [-0.2, 0) is 16.4 Å². The first-order chi connectivity index (χ1) is 11.9. The largest absolute Gasteiger partial charge is 0.508 e. The molecule has 0 saturated heterocycles. The number of rotatable bonds is 6. The molecular weight excluding hydrogens is 346 g/mol. The Hall–Kier alpha value is -2.91. The number of hydrogen-bond donors (Lipinski definition) is 3. The molecule has 25 heavy (non-hydrogen) atoms. The lowest BCUT2D eigenvalue weighted by Crippen LogP contribution is -2.25. The van der Waals surface area contributed by atoms with Crippen molar-refractivity contribution in [3.8, 4) is 5.75 Å². The number of nitro benzene ring substituents is 1. The van der Waals surface area contributed by atoms with E-state index >= 15 is 0 Å². The molecule has 1 heterocycles. The Bertz CT molecular complexity index is 1030. The number of nitrogens with zero attached hydrogens (tertiary/aromatic N) is 1. The highest BCUT2D eigenvalue weighted by Crippen LogP contribution is 2.23. The van der Waals surface area contributed by atoms with Crippen molar-refractivity contribution in [1.82, 2.24) is 9.71 Å². The molecular formula is C16H15N3O5S. The van der Waals surface area contributed by atoms with Gasteiger partial charge in [0, 0.05) is 35.8 Å². The zero-order valence-electron chi connectivity index (χ0n) is 13.0. The van der Waals surface area contributed by atoms with E-state index < -0.39 is 14.9 Å². The summed E-state index contributed by atoms with van der Waals surface area (Å²) in [6.07, 6.45) is 2.19. The summed E-state index contributed by atoms with van der Waals surface area (Å²) in [5.74, 6) is 0.139. The van der Waals surface area contributed by atoms with Gasteiger partial charge in [0.2, 0.25) is 10.0 Å². The number of aromatic amines is 1. The van der Waals surface area contributed by atoms with Crippen molar-refractivity contribution in [2.75, 3.05) is 6.54 Å². The van der Waals surface area contributed by atoms with E-state index in [0.29, 0.717) is 6.42 Å². The van der Waals surface area contributed by atoms with Gasteiger partial charge >= 0.3 is 0 Å². The van der Waals surface area contributed by atoms with Gasteiger partial charge in [-0.1, -0.05) is 0 Å². The number of benzene rings is 2. The Morgan fingerprint density at radius 2 is 1.88 bits per heavy atom. The monoisotopic (exact) mass is 361 g/mol. The first-order valence-electron chi connectivity index (χ1n) is 7.40. The first-order valence-corrected chi connectivity index (χ1v) is 8.88. The second-order valence-electron chi connectivity index (χ2n) is 5.44. The average Bonchev–Trinajstić information content (AvgIpc) is 2.97. The maximum Gasteiger partial charge on any atom is 0.269 e. The van der Waals surface area contributed by atoms with Gasteiger partial charge in [0.15, 0.2) is 0 Å². The Labute approximate surface area is 143 Å². The van der Waals surface area contributed by atoms with E-state index in [-0.39, 0.29) is 22.9 Å². The van der Waals surface area contributed by atoms with Crippen molar-refractivity contribution in [2.24, 2.45) is 0 Å². The molecule has 1 aromatic heterocycles. The molecule has 3 rings (SSSR count). The summed E-state index contributed by atoms with van der Waals surface area (Å²) >= 11 is 0. The van der Waals surface area contributed by atoms with Gasteiger partial charge < -0.3 is 10.1 Å². The number of nitro groups is 1. The molecule has 130 valence electrons. The predicted molar refractivity (Wildman–Crippen MR) is 92.0 cm³/mol. The molecule has 0 aliphatic rings. The molecule has 0 amide bonds. The van der Waals surface area contributed by atoms with Crippen molar-refractivity contribution in [1.29, 1.82) is 0 Å². The number of H-pyrrole nitrogens is 1. The molecule has 0 unspecified atom stereocenters. The van der Waals surface area contributed by atoms with Crippen molar-refractivity contribution < 1.29 is 18.4 Å². The normalized spacial score (nSPS) is 11.7. The lowest BCUT2D eigenvalue weighted by Gasteiger charge is -2.06. The van der Waals surface area contributed by atoms with Crippen molar-refractivity contribution in [3.05, 3.63) is 64.3 Å². The van der Waals surface area contributed by atoms with Gasteiger partial charge in [0.25, 0.3) is 5.69 Å². The van der Waals surface area contributed by atoms with Gasteiger partial charge in [-0.25, -0.2) is 13.1 Å². The van der Waals surface area contributed by atoms with Crippen molar-refractivity contribution in [3.63, 3.8) is 0 Å². The van der Waals surface area contributed by atoms with E-state index in [1.807, 2.05) is 0 Å². The third-order valence-corrected chi connectivity index (χ3v) is 5.27. The summed E-state index contributed by atoms with van der Waals surface area (Å²) in [7, 11) is -3.75. The number of fused-ring (bicyclic) bond motifs is 1. The summed E-state index contributed by atoms with van der Waals surface area (Å²) in [6.45, 7) is 0.155. The molecule has 0 bridgehead atoms. The minimum absolute atomic E-state index is 0.0327. The van der Waals surface area contributed by atoms with Gasteiger partial charge in [-0.15, -0.1) is 0 Å². The Morgan fingerprint density at radius 1 is 1.16 bits per heavy atom. The zero-order valence-corrected chi connectivity index (χ0v) is 13.8. The third kappa shape index (κ3) is 3.62. The number of sulfonamides is 1. The van der Waals surface area contributed by atoms with Crippen LogP contribution in [0.3, 0.4) is 0 Å². The molecule has 0 spiro atoms. The van der Waals surface area contributed by atoms with E-state index in [2.05, 4.69) is 9.71 Å². The van der Waals surface area contributed by atoms with E-state index in [1.165, 1.54) is 12.1 Å². The minimum Gasteiger partial charge on any atom is -0.508 e. The van der Waals surface area contributed by atoms with Gasteiger partial charge in [0.05, 0.1) is 9.82 Å². The van der Waals surface area contributed by atoms with Crippen LogP contribution in [0.5, 0.6) is 5.75 Å². The summed E-state index contributed by atoms with van der Waals surface area (Å²) in [4.78, 5) is 13.1. The quantitative estimate of drug-likeness (QED) is 0.459. The Morgan fingerprint density at radius 3 is 2.56 bits per heavy atom. The predicted octanol–water partition coefficient (Wildman–Crippen LogP) is 2.30. The first kappa shape index (κ1) is 16.9. The number of phenols is 1. The second-order valence-corrected chi connectivity index (χ2v) is 7.21. The van der Waals surface area contributed by atoms with Crippen LogP contribution in [0, 0.1) is 10.1 Å². The van der Waals surface area contributed by atoms with E-state index in [1.54, 1.807) is 24.4 Å². The summed E-state index contributed by atoms with van der Waals surface area (Å²) in [5, 5.41) is 21.0. The Kier molecular flexibility index (Phi) is 4.43. The maximum absolute atomic E-state index is 12.2. The van der Waals surface area contributed by atoms with Crippen molar-refractivity contribution >= 4 is 26.6 Å². The van der Waals surface area contributed by atoms with Crippen LogP contribution in [0.4, 0.5) is 5.69 Å². The van der Waals surface area contributed by atoms with E-state index in [4.69, 9.17) is 0 Å². The minimum atomic E-state index is -3.75. The van der Waals surface area contributed by atoms with Crippen molar-refractivity contribution in [2.45, 2.75) is 11.3 Å². The van der Waals surface area contributed by atoms with Crippen LogP contribution in [0.25, 0.3) is 10.9 Å². The lowest BCUT2D eigenvalue weighted by molar-refractivity contribution is -0.384. The molecule has 0 aliphatic heterocycles. The summed E-state index contributed by atoms with van der Waals surface area (Å²) < 4.78 is 26.9. The molecule has 0 atom stereocenters. The standard InChI is InChI=1S/C16H15N3O5S/c20-13-3-6-16-15(9-13)11(10-17-16)7-8-18-25(23,24)14-4-1-12(2-5-14)19(21)22/h1-6,9-10,17-18,20H,7-8H2. The highest BCUT2D eigenvalue weighted by molar-refractivity contribution is 7.89.